The molecule has 0 spiro atoms. The maximum atomic E-state index is 13.8. The molecule has 1 aromatic rings. The van der Waals surface area contributed by atoms with E-state index in [4.69, 9.17) is 0 Å². The summed E-state index contributed by atoms with van der Waals surface area (Å²) in [5.74, 6) is 2.12. The van der Waals surface area contributed by atoms with Gasteiger partial charge in [0.05, 0.1) is 0 Å². The van der Waals surface area contributed by atoms with E-state index >= 15 is 0 Å². The second-order valence-electron chi connectivity index (χ2n) is 10.9. The van der Waals surface area contributed by atoms with Gasteiger partial charge >= 0.3 is 0 Å². The van der Waals surface area contributed by atoms with Crippen molar-refractivity contribution in [2.45, 2.75) is 95.8 Å². The van der Waals surface area contributed by atoms with Crippen LogP contribution in [-0.2, 0) is 10.2 Å². The van der Waals surface area contributed by atoms with Crippen LogP contribution < -0.4 is 0 Å². The predicted molar refractivity (Wildman–Crippen MR) is 111 cm³/mol. The monoisotopic (exact) mass is 364 g/mol. The van der Waals surface area contributed by atoms with E-state index in [0.29, 0.717) is 17.1 Å². The zero-order valence-electron chi connectivity index (χ0n) is 17.1. The van der Waals surface area contributed by atoms with Crippen LogP contribution in [0, 0.1) is 22.7 Å². The van der Waals surface area contributed by atoms with Gasteiger partial charge in [0.1, 0.15) is 5.78 Å². The van der Waals surface area contributed by atoms with Crippen LogP contribution in [0.5, 0.6) is 0 Å². The molecule has 4 unspecified atom stereocenters. The van der Waals surface area contributed by atoms with Crippen molar-refractivity contribution in [3.8, 4) is 0 Å². The van der Waals surface area contributed by atoms with Gasteiger partial charge in [-0.25, -0.2) is 0 Å². The molecule has 27 heavy (non-hydrogen) atoms. The Morgan fingerprint density at radius 3 is 2.48 bits per heavy atom. The highest BCUT2D eigenvalue weighted by molar-refractivity contribution is 5.86. The number of hydrogen-bond acceptors (Lipinski definition) is 1. The van der Waals surface area contributed by atoms with E-state index in [1.165, 1.54) is 76.2 Å². The molecule has 146 valence electrons. The minimum atomic E-state index is 0.00269. The molecule has 1 aromatic carbocycles. The molecule has 1 heteroatoms. The van der Waals surface area contributed by atoms with E-state index < -0.39 is 0 Å². The van der Waals surface area contributed by atoms with Crippen molar-refractivity contribution in [2.75, 3.05) is 0 Å². The first-order valence-electron chi connectivity index (χ1n) is 11.7. The summed E-state index contributed by atoms with van der Waals surface area (Å²) in [6.07, 6.45) is 16.4. The fourth-order valence-corrected chi connectivity index (χ4v) is 8.33. The molecule has 5 aliphatic carbocycles. The Hall–Kier alpha value is -1.11. The lowest BCUT2D eigenvalue weighted by Crippen LogP contribution is -2.60. The largest absolute Gasteiger partial charge is 0.299 e. The number of rotatable bonds is 5. The van der Waals surface area contributed by atoms with Crippen molar-refractivity contribution in [1.29, 1.82) is 0 Å². The standard InChI is InChI=1S/C26H36O/c1-2-24-14-21-15-25(17-24,22-11-7-4-8-12-22)19-26(16-21,18-24)23(27)13-20-9-5-3-6-10-20/h4,7-8,11-12,20-21H,2-3,5-6,9-10,13-19H2,1H3. The fraction of sp³-hybridized carbons (Fsp3) is 0.731. The van der Waals surface area contributed by atoms with Crippen LogP contribution in [0.4, 0.5) is 0 Å². The minimum absolute atomic E-state index is 0.00269. The molecule has 5 aliphatic rings. The fourth-order valence-electron chi connectivity index (χ4n) is 8.33. The highest BCUT2D eigenvalue weighted by atomic mass is 16.1. The summed E-state index contributed by atoms with van der Waals surface area (Å²) in [6.45, 7) is 2.39. The van der Waals surface area contributed by atoms with Crippen LogP contribution in [0.15, 0.2) is 30.3 Å². The second-order valence-corrected chi connectivity index (χ2v) is 10.9. The van der Waals surface area contributed by atoms with Crippen LogP contribution in [0.2, 0.25) is 0 Å². The number of carbonyl (C=O) groups excluding carboxylic acids is 1. The zero-order valence-corrected chi connectivity index (χ0v) is 17.1. The minimum Gasteiger partial charge on any atom is -0.299 e. The van der Waals surface area contributed by atoms with Crippen LogP contribution in [0.25, 0.3) is 0 Å². The van der Waals surface area contributed by atoms with Gasteiger partial charge in [-0.15, -0.1) is 0 Å². The molecule has 0 aliphatic heterocycles. The molecule has 5 fully saturated rings. The SMILES string of the molecule is CCC12CC3CC(C(=O)CC4CCCCC4)(C1)CC(c1ccccc1)(C3)C2. The van der Waals surface area contributed by atoms with Gasteiger partial charge in [-0.2, -0.15) is 0 Å². The van der Waals surface area contributed by atoms with Crippen molar-refractivity contribution in [3.63, 3.8) is 0 Å². The molecule has 1 nitrogen and oxygen atoms in total. The number of benzene rings is 1. The Kier molecular flexibility index (Phi) is 4.30. The molecular formula is C26H36O. The Morgan fingerprint density at radius 1 is 0.963 bits per heavy atom. The molecule has 0 amide bonds. The molecule has 5 saturated carbocycles. The van der Waals surface area contributed by atoms with Gasteiger partial charge in [-0.1, -0.05) is 75.8 Å². The number of ketones is 1. The summed E-state index contributed by atoms with van der Waals surface area (Å²) in [7, 11) is 0. The maximum Gasteiger partial charge on any atom is 0.139 e. The van der Waals surface area contributed by atoms with Gasteiger partial charge < -0.3 is 0 Å². The molecule has 4 atom stereocenters. The van der Waals surface area contributed by atoms with Crippen LogP contribution in [0.3, 0.4) is 0 Å². The van der Waals surface area contributed by atoms with Crippen LogP contribution >= 0.6 is 0 Å². The summed E-state index contributed by atoms with van der Waals surface area (Å²) >= 11 is 0. The van der Waals surface area contributed by atoms with Crippen molar-refractivity contribution in [2.24, 2.45) is 22.7 Å². The summed E-state index contributed by atoms with van der Waals surface area (Å²) in [5.41, 5.74) is 2.24. The molecule has 6 rings (SSSR count). The van der Waals surface area contributed by atoms with Gasteiger partial charge in [0.25, 0.3) is 0 Å². The van der Waals surface area contributed by atoms with Gasteiger partial charge in [0.2, 0.25) is 0 Å². The summed E-state index contributed by atoms with van der Waals surface area (Å²) in [5, 5.41) is 0. The van der Waals surface area contributed by atoms with Crippen molar-refractivity contribution in [1.82, 2.24) is 0 Å². The molecule has 0 heterocycles. The molecule has 0 N–H and O–H groups in total. The summed E-state index contributed by atoms with van der Waals surface area (Å²) < 4.78 is 0. The van der Waals surface area contributed by atoms with E-state index in [1.807, 2.05) is 0 Å². The normalized spacial score (nSPS) is 41.0. The lowest BCUT2D eigenvalue weighted by molar-refractivity contribution is -0.162. The third-order valence-corrected chi connectivity index (χ3v) is 9.11. The number of Topliss-reactive ketones (excluding diaryl/α,β-unsaturated/α-hetero) is 1. The highest BCUT2D eigenvalue weighted by Gasteiger charge is 2.64. The summed E-state index contributed by atoms with van der Waals surface area (Å²) in [6, 6.07) is 11.3. The first-order chi connectivity index (χ1) is 13.1. The van der Waals surface area contributed by atoms with E-state index in [1.54, 1.807) is 0 Å². The molecule has 4 bridgehead atoms. The maximum absolute atomic E-state index is 13.8. The third kappa shape index (κ3) is 2.91. The lowest BCUT2D eigenvalue weighted by atomic mass is 9.37. The lowest BCUT2D eigenvalue weighted by Gasteiger charge is -2.66. The highest BCUT2D eigenvalue weighted by Crippen LogP contribution is 2.71. The smallest absolute Gasteiger partial charge is 0.139 e. The van der Waals surface area contributed by atoms with Crippen LogP contribution in [-0.4, -0.2) is 5.78 Å². The Morgan fingerprint density at radius 2 is 1.74 bits per heavy atom. The molecule has 0 radical (unpaired) electrons. The molecular weight excluding hydrogens is 328 g/mol. The second kappa shape index (κ2) is 6.46. The number of hydrogen-bond donors (Lipinski definition) is 0. The van der Waals surface area contributed by atoms with Gasteiger partial charge in [0.15, 0.2) is 0 Å². The van der Waals surface area contributed by atoms with Crippen LogP contribution in [0.1, 0.15) is 96.0 Å². The summed E-state index contributed by atoms with van der Waals surface area (Å²) in [4.78, 5) is 13.8. The van der Waals surface area contributed by atoms with Gasteiger partial charge in [0, 0.05) is 11.8 Å². The average Bonchev–Trinajstić information content (AvgIpc) is 2.68. The first-order valence-corrected chi connectivity index (χ1v) is 11.7. The van der Waals surface area contributed by atoms with Crippen molar-refractivity contribution >= 4 is 5.78 Å². The van der Waals surface area contributed by atoms with E-state index in [-0.39, 0.29) is 10.8 Å². The topological polar surface area (TPSA) is 17.1 Å². The van der Waals surface area contributed by atoms with Crippen molar-refractivity contribution < 1.29 is 4.79 Å². The van der Waals surface area contributed by atoms with Crippen molar-refractivity contribution in [3.05, 3.63) is 35.9 Å². The Bertz CT molecular complexity index is 702. The quantitative estimate of drug-likeness (QED) is 0.558. The molecule has 0 aromatic heterocycles. The Balaban J connectivity index is 1.48. The molecule has 0 saturated heterocycles. The number of carbonyl (C=O) groups is 1. The van der Waals surface area contributed by atoms with E-state index in [0.717, 1.165) is 18.8 Å². The average molecular weight is 365 g/mol. The van der Waals surface area contributed by atoms with E-state index in [9.17, 15) is 4.79 Å². The van der Waals surface area contributed by atoms with E-state index in [2.05, 4.69) is 37.3 Å². The third-order valence-electron chi connectivity index (χ3n) is 9.11. The van der Waals surface area contributed by atoms with Gasteiger partial charge in [-0.3, -0.25) is 4.79 Å². The van der Waals surface area contributed by atoms with Gasteiger partial charge in [-0.05, 0) is 66.8 Å². The first kappa shape index (κ1) is 18.0. The predicted octanol–water partition coefficient (Wildman–Crippen LogP) is 6.84. The Labute approximate surface area is 165 Å². The zero-order chi connectivity index (χ0) is 18.5.